The van der Waals surface area contributed by atoms with Gasteiger partial charge in [0.15, 0.2) is 0 Å². The smallest absolute Gasteiger partial charge is 0.234 e. The first-order chi connectivity index (χ1) is 7.70. The predicted octanol–water partition coefficient (Wildman–Crippen LogP) is -0.868. The number of carbonyl (C=O) groups is 2. The maximum absolute atomic E-state index is 11.1. The van der Waals surface area contributed by atoms with Crippen LogP contribution in [0.4, 0.5) is 0 Å². The van der Waals surface area contributed by atoms with Gasteiger partial charge >= 0.3 is 0 Å². The minimum atomic E-state index is -0.240. The van der Waals surface area contributed by atoms with Crippen LogP contribution in [0.25, 0.3) is 0 Å². The number of hydrogen-bond donors (Lipinski definition) is 3. The van der Waals surface area contributed by atoms with E-state index in [1.165, 1.54) is 0 Å². The molecule has 0 aliphatic rings. The lowest BCUT2D eigenvalue weighted by atomic mass is 10.3. The number of carbonyl (C=O) groups excluding carboxylic acids is 2. The van der Waals surface area contributed by atoms with Crippen LogP contribution < -0.4 is 16.0 Å². The van der Waals surface area contributed by atoms with Gasteiger partial charge in [0.2, 0.25) is 11.8 Å². The van der Waals surface area contributed by atoms with Gasteiger partial charge in [-0.05, 0) is 6.42 Å². The van der Waals surface area contributed by atoms with Gasteiger partial charge in [-0.1, -0.05) is 6.92 Å². The third-order valence-corrected chi connectivity index (χ3v) is 1.75. The quantitative estimate of drug-likeness (QED) is 0.370. The number of nitriles is 1. The third kappa shape index (κ3) is 8.97. The zero-order valence-electron chi connectivity index (χ0n) is 9.51. The number of rotatable bonds is 8. The second-order valence-corrected chi connectivity index (χ2v) is 3.21. The largest absolute Gasteiger partial charge is 0.356 e. The first kappa shape index (κ1) is 14.4. The van der Waals surface area contributed by atoms with Gasteiger partial charge in [0.05, 0.1) is 12.6 Å². The molecule has 0 aromatic carbocycles. The van der Waals surface area contributed by atoms with Crippen molar-refractivity contribution in [3.63, 3.8) is 0 Å². The molecular formula is C10H18N4O2. The van der Waals surface area contributed by atoms with Crippen molar-refractivity contribution in [1.82, 2.24) is 16.0 Å². The fourth-order valence-electron chi connectivity index (χ4n) is 0.957. The zero-order valence-corrected chi connectivity index (χ0v) is 9.51. The average Bonchev–Trinajstić information content (AvgIpc) is 2.29. The minimum absolute atomic E-state index is 0.0114. The van der Waals surface area contributed by atoms with E-state index in [4.69, 9.17) is 5.26 Å². The van der Waals surface area contributed by atoms with Crippen molar-refractivity contribution >= 4 is 11.8 Å². The van der Waals surface area contributed by atoms with Crippen molar-refractivity contribution in [2.45, 2.75) is 19.8 Å². The van der Waals surface area contributed by atoms with E-state index in [0.29, 0.717) is 19.5 Å². The second-order valence-electron chi connectivity index (χ2n) is 3.21. The Balaban J connectivity index is 3.35. The number of hydrogen-bond acceptors (Lipinski definition) is 4. The molecule has 0 aromatic rings. The van der Waals surface area contributed by atoms with Crippen molar-refractivity contribution < 1.29 is 9.59 Å². The Kier molecular flexibility index (Phi) is 8.93. The Morgan fingerprint density at radius 1 is 1.19 bits per heavy atom. The highest BCUT2D eigenvalue weighted by Gasteiger charge is 2.01. The van der Waals surface area contributed by atoms with Crippen molar-refractivity contribution in [3.05, 3.63) is 0 Å². The average molecular weight is 226 g/mol. The lowest BCUT2D eigenvalue weighted by Crippen LogP contribution is -2.36. The lowest BCUT2D eigenvalue weighted by molar-refractivity contribution is -0.122. The molecule has 0 saturated heterocycles. The molecule has 3 N–H and O–H groups in total. The molecule has 2 amide bonds. The Morgan fingerprint density at radius 2 is 1.94 bits per heavy atom. The van der Waals surface area contributed by atoms with Crippen LogP contribution in [0.2, 0.25) is 0 Å². The molecule has 0 unspecified atom stereocenters. The van der Waals surface area contributed by atoms with Crippen LogP contribution in [0.1, 0.15) is 19.8 Å². The van der Waals surface area contributed by atoms with Crippen LogP contribution in [0.5, 0.6) is 0 Å². The van der Waals surface area contributed by atoms with Crippen molar-refractivity contribution in [1.29, 1.82) is 5.26 Å². The SMILES string of the molecule is CCCNC(=O)CCNCC(=O)NCC#N. The van der Waals surface area contributed by atoms with Gasteiger partial charge in [-0.3, -0.25) is 9.59 Å². The standard InChI is InChI=1S/C10H18N4O2/c1-2-5-13-9(15)3-6-12-8-10(16)14-7-4-11/h12H,2-3,5-8H2,1H3,(H,13,15)(H,14,16). The number of nitrogens with one attached hydrogen (secondary N) is 3. The molecule has 0 rings (SSSR count). The summed E-state index contributed by atoms with van der Waals surface area (Å²) in [6.45, 7) is 3.26. The van der Waals surface area contributed by atoms with E-state index in [2.05, 4.69) is 16.0 Å². The van der Waals surface area contributed by atoms with E-state index in [1.54, 1.807) is 6.07 Å². The van der Waals surface area contributed by atoms with Gasteiger partial charge in [0.25, 0.3) is 0 Å². The minimum Gasteiger partial charge on any atom is -0.356 e. The molecule has 0 aliphatic heterocycles. The Bertz CT molecular complexity index is 260. The van der Waals surface area contributed by atoms with E-state index < -0.39 is 0 Å². The normalized spacial score (nSPS) is 9.25. The van der Waals surface area contributed by atoms with Gasteiger partial charge in [-0.2, -0.15) is 5.26 Å². The van der Waals surface area contributed by atoms with Crippen LogP contribution in [0.3, 0.4) is 0 Å². The van der Waals surface area contributed by atoms with E-state index in [9.17, 15) is 9.59 Å². The van der Waals surface area contributed by atoms with Gasteiger partial charge in [-0.25, -0.2) is 0 Å². The van der Waals surface area contributed by atoms with E-state index in [0.717, 1.165) is 6.42 Å². The van der Waals surface area contributed by atoms with E-state index >= 15 is 0 Å². The van der Waals surface area contributed by atoms with Crippen LogP contribution >= 0.6 is 0 Å². The maximum atomic E-state index is 11.1. The van der Waals surface area contributed by atoms with Crippen LogP contribution in [0, 0.1) is 11.3 Å². The summed E-state index contributed by atoms with van der Waals surface area (Å²) >= 11 is 0. The first-order valence-corrected chi connectivity index (χ1v) is 5.31. The molecule has 0 heterocycles. The Hall–Kier alpha value is -1.61. The highest BCUT2D eigenvalue weighted by Crippen LogP contribution is 1.78. The summed E-state index contributed by atoms with van der Waals surface area (Å²) < 4.78 is 0. The molecule has 0 spiro atoms. The predicted molar refractivity (Wildman–Crippen MR) is 59.4 cm³/mol. The molecule has 0 aliphatic carbocycles. The number of nitrogens with zero attached hydrogens (tertiary/aromatic N) is 1. The molecule has 0 radical (unpaired) electrons. The van der Waals surface area contributed by atoms with Gasteiger partial charge in [-0.15, -0.1) is 0 Å². The monoisotopic (exact) mass is 226 g/mol. The van der Waals surface area contributed by atoms with Crippen molar-refractivity contribution in [2.75, 3.05) is 26.2 Å². The molecule has 0 fully saturated rings. The molecule has 0 bridgehead atoms. The fourth-order valence-corrected chi connectivity index (χ4v) is 0.957. The molecular weight excluding hydrogens is 208 g/mol. The molecule has 90 valence electrons. The molecule has 16 heavy (non-hydrogen) atoms. The maximum Gasteiger partial charge on any atom is 0.234 e. The molecule has 6 nitrogen and oxygen atoms in total. The molecule has 0 aromatic heterocycles. The molecule has 6 heteroatoms. The Labute approximate surface area is 95.4 Å². The fraction of sp³-hybridized carbons (Fsp3) is 0.700. The van der Waals surface area contributed by atoms with Crippen LogP contribution in [-0.4, -0.2) is 38.0 Å². The summed E-state index contributed by atoms with van der Waals surface area (Å²) in [4.78, 5) is 22.1. The first-order valence-electron chi connectivity index (χ1n) is 5.31. The Morgan fingerprint density at radius 3 is 2.56 bits per heavy atom. The van der Waals surface area contributed by atoms with Gasteiger partial charge in [0, 0.05) is 19.5 Å². The van der Waals surface area contributed by atoms with E-state index in [-0.39, 0.29) is 24.9 Å². The van der Waals surface area contributed by atoms with Crippen molar-refractivity contribution in [3.8, 4) is 6.07 Å². The summed E-state index contributed by atoms with van der Waals surface area (Å²) in [6.07, 6.45) is 1.27. The van der Waals surface area contributed by atoms with E-state index in [1.807, 2.05) is 6.92 Å². The summed E-state index contributed by atoms with van der Waals surface area (Å²) in [5.41, 5.74) is 0. The molecule has 0 saturated carbocycles. The lowest BCUT2D eigenvalue weighted by Gasteiger charge is -2.05. The second kappa shape index (κ2) is 9.93. The van der Waals surface area contributed by atoms with Crippen LogP contribution in [0.15, 0.2) is 0 Å². The topological polar surface area (TPSA) is 94.0 Å². The summed E-state index contributed by atoms with van der Waals surface area (Å²) in [5.74, 6) is -0.262. The third-order valence-electron chi connectivity index (χ3n) is 1.75. The zero-order chi connectivity index (χ0) is 12.2. The highest BCUT2D eigenvalue weighted by molar-refractivity contribution is 5.78. The highest BCUT2D eigenvalue weighted by atomic mass is 16.2. The number of amides is 2. The summed E-state index contributed by atoms with van der Waals surface area (Å²) in [6, 6.07) is 1.81. The molecule has 0 atom stereocenters. The van der Waals surface area contributed by atoms with Crippen LogP contribution in [-0.2, 0) is 9.59 Å². The van der Waals surface area contributed by atoms with Gasteiger partial charge < -0.3 is 16.0 Å². The van der Waals surface area contributed by atoms with Crippen molar-refractivity contribution in [2.24, 2.45) is 0 Å². The summed E-state index contributed by atoms with van der Waals surface area (Å²) in [7, 11) is 0. The summed E-state index contributed by atoms with van der Waals surface area (Å²) in [5, 5.41) is 16.1. The van der Waals surface area contributed by atoms with Gasteiger partial charge in [0.1, 0.15) is 6.54 Å².